The van der Waals surface area contributed by atoms with Gasteiger partial charge in [-0.25, -0.2) is 4.39 Å². The molecule has 1 amide bonds. The molecule has 0 aliphatic heterocycles. The number of carbonyl (C=O) groups excluding carboxylic acids is 1. The van der Waals surface area contributed by atoms with Crippen LogP contribution in [0.3, 0.4) is 0 Å². The quantitative estimate of drug-likeness (QED) is 0.200. The van der Waals surface area contributed by atoms with Gasteiger partial charge in [0.1, 0.15) is 5.82 Å². The average Bonchev–Trinajstić information content (AvgIpc) is 2.97. The summed E-state index contributed by atoms with van der Waals surface area (Å²) in [5, 5.41) is 3.67. The molecule has 0 spiro atoms. The summed E-state index contributed by atoms with van der Waals surface area (Å²) in [5.41, 5.74) is 3.02. The van der Waals surface area contributed by atoms with Gasteiger partial charge in [0.25, 0.3) is 5.91 Å². The highest BCUT2D eigenvalue weighted by Gasteiger charge is 2.15. The van der Waals surface area contributed by atoms with E-state index in [4.69, 9.17) is 9.47 Å². The maximum absolute atomic E-state index is 13.7. The standard InChI is InChI=1S/C32H29FN2O4S/c1-35(23-14-15-27(38-2)28(19-23)39-3)17-5-6-20-9-12-22(13-10-20)34-32(37)25-8-4-7-24-30(36)26-18-21(33)11-16-29(26)40-31(24)25/h4,7-16,18-19H,5-6,17H2,1-3H3,(H,34,37). The molecule has 1 heterocycles. The van der Waals surface area contributed by atoms with E-state index in [1.165, 1.54) is 29.0 Å². The molecule has 0 saturated heterocycles. The second-order valence-corrected chi connectivity index (χ2v) is 10.5. The first-order valence-corrected chi connectivity index (χ1v) is 13.7. The van der Waals surface area contributed by atoms with Gasteiger partial charge >= 0.3 is 0 Å². The maximum Gasteiger partial charge on any atom is 0.257 e. The van der Waals surface area contributed by atoms with E-state index in [1.54, 1.807) is 38.5 Å². The summed E-state index contributed by atoms with van der Waals surface area (Å²) >= 11 is 1.31. The Morgan fingerprint density at radius 3 is 2.45 bits per heavy atom. The zero-order valence-electron chi connectivity index (χ0n) is 22.5. The molecule has 1 N–H and O–H groups in total. The Balaban J connectivity index is 1.23. The lowest BCUT2D eigenvalue weighted by Gasteiger charge is -2.20. The minimum absolute atomic E-state index is 0.279. The molecule has 0 atom stereocenters. The van der Waals surface area contributed by atoms with Crippen molar-refractivity contribution in [3.63, 3.8) is 0 Å². The van der Waals surface area contributed by atoms with Gasteiger partial charge in [-0.1, -0.05) is 18.2 Å². The van der Waals surface area contributed by atoms with E-state index in [2.05, 4.69) is 10.2 Å². The molecular weight excluding hydrogens is 527 g/mol. The van der Waals surface area contributed by atoms with Gasteiger partial charge in [-0.3, -0.25) is 9.59 Å². The molecule has 0 aliphatic rings. The normalized spacial score (nSPS) is 11.0. The van der Waals surface area contributed by atoms with E-state index in [-0.39, 0.29) is 11.3 Å². The molecule has 0 unspecified atom stereocenters. The minimum Gasteiger partial charge on any atom is -0.493 e. The third-order valence-corrected chi connectivity index (χ3v) is 8.10. The fourth-order valence-corrected chi connectivity index (χ4v) is 5.85. The second-order valence-electron chi connectivity index (χ2n) is 9.47. The third kappa shape index (κ3) is 5.62. The van der Waals surface area contributed by atoms with Gasteiger partial charge in [-0.15, -0.1) is 11.3 Å². The first kappa shape index (κ1) is 27.1. The number of hydrogen-bond acceptors (Lipinski definition) is 6. The van der Waals surface area contributed by atoms with Crippen molar-refractivity contribution in [2.75, 3.05) is 38.0 Å². The number of ether oxygens (including phenoxy) is 2. The molecule has 6 nitrogen and oxygen atoms in total. The summed E-state index contributed by atoms with van der Waals surface area (Å²) in [6.07, 6.45) is 1.83. The van der Waals surface area contributed by atoms with E-state index < -0.39 is 5.82 Å². The number of benzene rings is 4. The number of amides is 1. The van der Waals surface area contributed by atoms with E-state index >= 15 is 0 Å². The van der Waals surface area contributed by atoms with Gasteiger partial charge < -0.3 is 19.7 Å². The minimum atomic E-state index is -0.460. The van der Waals surface area contributed by atoms with Crippen molar-refractivity contribution in [2.45, 2.75) is 12.8 Å². The van der Waals surface area contributed by atoms with E-state index in [9.17, 15) is 14.0 Å². The number of nitrogens with zero attached hydrogens (tertiary/aromatic N) is 1. The fraction of sp³-hybridized carbons (Fsp3) is 0.188. The van der Waals surface area contributed by atoms with Crippen LogP contribution < -0.4 is 25.1 Å². The Morgan fingerprint density at radius 2 is 1.70 bits per heavy atom. The lowest BCUT2D eigenvalue weighted by molar-refractivity contribution is 0.102. The van der Waals surface area contributed by atoms with Crippen LogP contribution in [0.25, 0.3) is 20.2 Å². The molecule has 40 heavy (non-hydrogen) atoms. The van der Waals surface area contributed by atoms with Crippen LogP contribution in [-0.2, 0) is 6.42 Å². The Labute approximate surface area is 235 Å². The van der Waals surface area contributed by atoms with Crippen LogP contribution in [0, 0.1) is 5.82 Å². The van der Waals surface area contributed by atoms with Gasteiger partial charge in [0.15, 0.2) is 16.9 Å². The van der Waals surface area contributed by atoms with Crippen molar-refractivity contribution in [1.29, 1.82) is 0 Å². The smallest absolute Gasteiger partial charge is 0.257 e. The maximum atomic E-state index is 13.7. The van der Waals surface area contributed by atoms with Crippen LogP contribution in [0.5, 0.6) is 11.5 Å². The Morgan fingerprint density at radius 1 is 0.925 bits per heavy atom. The molecule has 1 aromatic heterocycles. The first-order valence-electron chi connectivity index (χ1n) is 12.9. The molecule has 8 heteroatoms. The third-order valence-electron chi connectivity index (χ3n) is 6.88. The predicted molar refractivity (Wildman–Crippen MR) is 161 cm³/mol. The number of rotatable bonds is 9. The Bertz CT molecular complexity index is 1750. The Kier molecular flexibility index (Phi) is 7.98. The van der Waals surface area contributed by atoms with Crippen molar-refractivity contribution in [3.8, 4) is 11.5 Å². The number of hydrogen-bond donors (Lipinski definition) is 1. The number of anilines is 2. The Hall–Kier alpha value is -4.43. The van der Waals surface area contributed by atoms with Crippen LogP contribution in [0.15, 0.2) is 83.7 Å². The predicted octanol–water partition coefficient (Wildman–Crippen LogP) is 6.89. The summed E-state index contributed by atoms with van der Waals surface area (Å²) in [6, 6.07) is 22.9. The molecule has 5 aromatic rings. The second kappa shape index (κ2) is 11.8. The summed E-state index contributed by atoms with van der Waals surface area (Å²) in [4.78, 5) is 28.3. The van der Waals surface area contributed by atoms with Crippen molar-refractivity contribution < 1.29 is 18.7 Å². The van der Waals surface area contributed by atoms with Gasteiger partial charge in [-0.2, -0.15) is 0 Å². The molecule has 0 fully saturated rings. The van der Waals surface area contributed by atoms with Crippen molar-refractivity contribution in [2.24, 2.45) is 0 Å². The van der Waals surface area contributed by atoms with E-state index in [0.29, 0.717) is 42.9 Å². The number of nitrogens with one attached hydrogen (secondary N) is 1. The molecule has 5 rings (SSSR count). The summed E-state index contributed by atoms with van der Waals surface area (Å²) in [5.74, 6) is 0.643. The lowest BCUT2D eigenvalue weighted by Crippen LogP contribution is -2.19. The number of aryl methyl sites for hydroxylation is 1. The average molecular weight is 557 g/mol. The van der Waals surface area contributed by atoms with Crippen molar-refractivity contribution >= 4 is 48.8 Å². The largest absolute Gasteiger partial charge is 0.493 e. The van der Waals surface area contributed by atoms with Crippen LogP contribution in [0.2, 0.25) is 0 Å². The molecule has 0 aliphatic carbocycles. The highest BCUT2D eigenvalue weighted by atomic mass is 32.1. The fourth-order valence-electron chi connectivity index (χ4n) is 4.69. The van der Waals surface area contributed by atoms with Crippen molar-refractivity contribution in [1.82, 2.24) is 0 Å². The lowest BCUT2D eigenvalue weighted by atomic mass is 10.1. The SMILES string of the molecule is COc1ccc(N(C)CCCc2ccc(NC(=O)c3cccc4c(=O)c5cc(F)ccc5sc34)cc2)cc1OC. The molecule has 0 radical (unpaired) electrons. The van der Waals surface area contributed by atoms with E-state index in [1.807, 2.05) is 49.5 Å². The molecule has 0 saturated carbocycles. The van der Waals surface area contributed by atoms with Crippen LogP contribution >= 0.6 is 11.3 Å². The topological polar surface area (TPSA) is 67.9 Å². The van der Waals surface area contributed by atoms with Gasteiger partial charge in [-0.05, 0) is 73.0 Å². The van der Waals surface area contributed by atoms with Crippen molar-refractivity contribution in [3.05, 3.63) is 106 Å². The number of halogens is 1. The highest BCUT2D eigenvalue weighted by Crippen LogP contribution is 2.31. The monoisotopic (exact) mass is 556 g/mol. The van der Waals surface area contributed by atoms with E-state index in [0.717, 1.165) is 25.1 Å². The zero-order valence-corrected chi connectivity index (χ0v) is 23.3. The summed E-state index contributed by atoms with van der Waals surface area (Å²) in [7, 11) is 5.30. The molecular formula is C32H29FN2O4S. The van der Waals surface area contributed by atoms with Gasteiger partial charge in [0.2, 0.25) is 0 Å². The molecule has 4 aromatic carbocycles. The van der Waals surface area contributed by atoms with Crippen LogP contribution in [0.1, 0.15) is 22.3 Å². The summed E-state index contributed by atoms with van der Waals surface area (Å²) < 4.78 is 25.7. The zero-order chi connectivity index (χ0) is 28.2. The summed E-state index contributed by atoms with van der Waals surface area (Å²) in [6.45, 7) is 0.860. The van der Waals surface area contributed by atoms with Crippen LogP contribution in [0.4, 0.5) is 15.8 Å². The highest BCUT2D eigenvalue weighted by molar-refractivity contribution is 7.24. The van der Waals surface area contributed by atoms with Crippen LogP contribution in [-0.4, -0.2) is 33.7 Å². The van der Waals surface area contributed by atoms with Gasteiger partial charge in [0, 0.05) is 46.5 Å². The first-order chi connectivity index (χ1) is 19.4. The molecule has 204 valence electrons. The number of methoxy groups -OCH3 is 2. The number of carbonyl (C=O) groups is 1. The van der Waals surface area contributed by atoms with Gasteiger partial charge in [0.05, 0.1) is 24.5 Å². The number of fused-ring (bicyclic) bond motifs is 2. The molecule has 0 bridgehead atoms.